The van der Waals surface area contributed by atoms with Gasteiger partial charge in [-0.15, -0.1) is 0 Å². The number of hydrogen-bond acceptors (Lipinski definition) is 3. The molecule has 1 aromatic heterocycles. The number of benzene rings is 1. The van der Waals surface area contributed by atoms with Gasteiger partial charge < -0.3 is 9.73 Å². The lowest BCUT2D eigenvalue weighted by molar-refractivity contribution is 0.479. The molecule has 1 fully saturated rings. The van der Waals surface area contributed by atoms with Crippen LogP contribution in [0.1, 0.15) is 44.7 Å². The summed E-state index contributed by atoms with van der Waals surface area (Å²) in [6.45, 7) is 5.81. The molecule has 2 aromatic rings. The van der Waals surface area contributed by atoms with E-state index in [1.54, 1.807) is 4.57 Å². The van der Waals surface area contributed by atoms with E-state index in [4.69, 9.17) is 4.42 Å². The minimum absolute atomic E-state index is 0.260. The molecular formula is C16H22N2O2. The molecule has 3 rings (SSSR count). The topological polar surface area (TPSA) is 47.2 Å². The van der Waals surface area contributed by atoms with Crippen molar-refractivity contribution >= 4 is 11.1 Å². The van der Waals surface area contributed by atoms with Crippen LogP contribution in [-0.2, 0) is 6.54 Å². The first kappa shape index (κ1) is 13.4. The van der Waals surface area contributed by atoms with Gasteiger partial charge >= 0.3 is 5.76 Å². The third-order valence-corrected chi connectivity index (χ3v) is 4.08. The van der Waals surface area contributed by atoms with E-state index < -0.39 is 0 Å². The number of oxazole rings is 1. The highest BCUT2D eigenvalue weighted by Gasteiger charge is 2.32. The molecule has 1 aliphatic rings. The normalized spacial score (nSPS) is 16.7. The Hall–Kier alpha value is -1.55. The van der Waals surface area contributed by atoms with E-state index in [2.05, 4.69) is 18.3 Å². The Morgan fingerprint density at radius 3 is 2.85 bits per heavy atom. The molecule has 0 radical (unpaired) electrons. The summed E-state index contributed by atoms with van der Waals surface area (Å²) in [5, 5.41) is 3.62. The second kappa shape index (κ2) is 5.44. The van der Waals surface area contributed by atoms with Crippen LogP contribution in [0, 0.1) is 5.92 Å². The summed E-state index contributed by atoms with van der Waals surface area (Å²) in [4.78, 5) is 11.7. The maximum absolute atomic E-state index is 11.7. The van der Waals surface area contributed by atoms with Crippen LogP contribution < -0.4 is 11.1 Å². The van der Waals surface area contributed by atoms with Crippen LogP contribution in [-0.4, -0.2) is 11.1 Å². The van der Waals surface area contributed by atoms with E-state index in [1.165, 1.54) is 18.4 Å². The largest absolute Gasteiger partial charge is 0.419 e. The number of rotatable bonds is 6. The Morgan fingerprint density at radius 1 is 1.40 bits per heavy atom. The average molecular weight is 274 g/mol. The van der Waals surface area contributed by atoms with Gasteiger partial charge in [-0.1, -0.05) is 13.0 Å². The number of hydrogen-bond donors (Lipinski definition) is 1. The quantitative estimate of drug-likeness (QED) is 0.880. The SMILES string of the molecule is CCCNC(c1ccc2c(c1)oc(=O)n2CC)C1CC1. The Morgan fingerprint density at radius 2 is 2.20 bits per heavy atom. The van der Waals surface area contributed by atoms with Gasteiger partial charge in [-0.25, -0.2) is 4.79 Å². The first-order valence-corrected chi connectivity index (χ1v) is 7.61. The van der Waals surface area contributed by atoms with Crippen molar-refractivity contribution in [3.05, 3.63) is 34.3 Å². The van der Waals surface area contributed by atoms with Crippen molar-refractivity contribution in [3.63, 3.8) is 0 Å². The minimum Gasteiger partial charge on any atom is -0.408 e. The summed E-state index contributed by atoms with van der Waals surface area (Å²) in [6, 6.07) is 6.58. The molecule has 1 atom stereocenters. The van der Waals surface area contributed by atoms with Crippen LogP contribution in [0.4, 0.5) is 0 Å². The van der Waals surface area contributed by atoms with Crippen molar-refractivity contribution < 1.29 is 4.42 Å². The Balaban J connectivity index is 1.96. The maximum atomic E-state index is 11.7. The highest BCUT2D eigenvalue weighted by molar-refractivity contribution is 5.74. The summed E-state index contributed by atoms with van der Waals surface area (Å²) in [5.74, 6) is 0.475. The van der Waals surface area contributed by atoms with Crippen LogP contribution in [0.3, 0.4) is 0 Å². The first-order valence-electron chi connectivity index (χ1n) is 7.61. The zero-order valence-electron chi connectivity index (χ0n) is 12.2. The van der Waals surface area contributed by atoms with Crippen molar-refractivity contribution in [3.8, 4) is 0 Å². The standard InChI is InChI=1S/C16H22N2O2/c1-3-9-17-15(11-5-6-11)12-7-8-13-14(10-12)20-16(19)18(13)4-2/h7-8,10-11,15,17H,3-6,9H2,1-2H3. The lowest BCUT2D eigenvalue weighted by Gasteiger charge is -2.18. The van der Waals surface area contributed by atoms with Gasteiger partial charge in [0.25, 0.3) is 0 Å². The summed E-state index contributed by atoms with van der Waals surface area (Å²) in [6.07, 6.45) is 3.71. The molecule has 1 N–H and O–H groups in total. The van der Waals surface area contributed by atoms with Gasteiger partial charge in [0.1, 0.15) is 0 Å². The Labute approximate surface area is 118 Å². The molecule has 1 heterocycles. The molecule has 0 aliphatic heterocycles. The third-order valence-electron chi connectivity index (χ3n) is 4.08. The summed E-state index contributed by atoms with van der Waals surface area (Å²) >= 11 is 0. The molecule has 0 bridgehead atoms. The van der Waals surface area contributed by atoms with Gasteiger partial charge in [0.2, 0.25) is 0 Å². The second-order valence-corrected chi connectivity index (χ2v) is 5.61. The number of nitrogens with zero attached hydrogens (tertiary/aromatic N) is 1. The summed E-state index contributed by atoms with van der Waals surface area (Å²) in [7, 11) is 0. The second-order valence-electron chi connectivity index (χ2n) is 5.61. The van der Waals surface area contributed by atoms with Crippen LogP contribution in [0.2, 0.25) is 0 Å². The molecule has 0 spiro atoms. The number of aromatic nitrogens is 1. The number of aryl methyl sites for hydroxylation is 1. The molecule has 1 saturated carbocycles. The number of fused-ring (bicyclic) bond motifs is 1. The predicted octanol–water partition coefficient (Wildman–Crippen LogP) is 3.07. The average Bonchev–Trinajstić information content (AvgIpc) is 3.22. The molecule has 1 aromatic carbocycles. The fourth-order valence-corrected chi connectivity index (χ4v) is 2.86. The highest BCUT2D eigenvalue weighted by Crippen LogP contribution is 2.41. The predicted molar refractivity (Wildman–Crippen MR) is 79.9 cm³/mol. The van der Waals surface area contributed by atoms with Gasteiger partial charge in [-0.3, -0.25) is 4.57 Å². The maximum Gasteiger partial charge on any atom is 0.419 e. The fraction of sp³-hybridized carbons (Fsp3) is 0.562. The first-order chi connectivity index (χ1) is 9.74. The molecule has 1 aliphatic carbocycles. The van der Waals surface area contributed by atoms with Crippen molar-refractivity contribution in [1.82, 2.24) is 9.88 Å². The zero-order chi connectivity index (χ0) is 14.1. The number of nitrogens with one attached hydrogen (secondary N) is 1. The van der Waals surface area contributed by atoms with Gasteiger partial charge in [0.05, 0.1) is 5.52 Å². The molecule has 108 valence electrons. The van der Waals surface area contributed by atoms with E-state index in [0.717, 1.165) is 24.4 Å². The minimum atomic E-state index is -0.260. The molecule has 4 nitrogen and oxygen atoms in total. The van der Waals surface area contributed by atoms with Crippen LogP contribution in [0.5, 0.6) is 0 Å². The van der Waals surface area contributed by atoms with Crippen molar-refractivity contribution in [2.75, 3.05) is 6.54 Å². The van der Waals surface area contributed by atoms with Crippen molar-refractivity contribution in [2.45, 2.75) is 45.7 Å². The van der Waals surface area contributed by atoms with E-state index in [0.29, 0.717) is 18.2 Å². The molecule has 1 unspecified atom stereocenters. The third kappa shape index (κ3) is 2.40. The van der Waals surface area contributed by atoms with E-state index in [9.17, 15) is 4.79 Å². The van der Waals surface area contributed by atoms with E-state index in [-0.39, 0.29) is 5.76 Å². The van der Waals surface area contributed by atoms with E-state index in [1.807, 2.05) is 19.1 Å². The van der Waals surface area contributed by atoms with Crippen molar-refractivity contribution in [2.24, 2.45) is 5.92 Å². The highest BCUT2D eigenvalue weighted by atomic mass is 16.4. The van der Waals surface area contributed by atoms with Crippen LogP contribution in [0.15, 0.2) is 27.4 Å². The molecule has 20 heavy (non-hydrogen) atoms. The monoisotopic (exact) mass is 274 g/mol. The zero-order valence-corrected chi connectivity index (χ0v) is 12.2. The molecule has 0 amide bonds. The Kier molecular flexibility index (Phi) is 3.66. The molecule has 0 saturated heterocycles. The van der Waals surface area contributed by atoms with Gasteiger partial charge in [-0.2, -0.15) is 0 Å². The smallest absolute Gasteiger partial charge is 0.408 e. The lowest BCUT2D eigenvalue weighted by atomic mass is 10.0. The van der Waals surface area contributed by atoms with Crippen LogP contribution in [0.25, 0.3) is 11.1 Å². The fourth-order valence-electron chi connectivity index (χ4n) is 2.86. The van der Waals surface area contributed by atoms with Gasteiger partial charge in [0.15, 0.2) is 5.58 Å². The molecule has 4 heteroatoms. The van der Waals surface area contributed by atoms with Crippen LogP contribution >= 0.6 is 0 Å². The Bertz CT molecular complexity index is 652. The van der Waals surface area contributed by atoms with Gasteiger partial charge in [-0.05, 0) is 56.3 Å². The van der Waals surface area contributed by atoms with Gasteiger partial charge in [0, 0.05) is 12.6 Å². The summed E-state index contributed by atoms with van der Waals surface area (Å²) in [5.41, 5.74) is 2.84. The molecular weight excluding hydrogens is 252 g/mol. The summed E-state index contributed by atoms with van der Waals surface area (Å²) < 4.78 is 7.04. The van der Waals surface area contributed by atoms with E-state index >= 15 is 0 Å². The lowest BCUT2D eigenvalue weighted by Crippen LogP contribution is -2.23. The van der Waals surface area contributed by atoms with Crippen molar-refractivity contribution in [1.29, 1.82) is 0 Å².